The number of anilines is 2. The third-order valence-corrected chi connectivity index (χ3v) is 3.28. The minimum absolute atomic E-state index is 0.663. The van der Waals surface area contributed by atoms with Gasteiger partial charge in [0.05, 0.1) is 10.7 Å². The van der Waals surface area contributed by atoms with E-state index in [9.17, 15) is 0 Å². The van der Waals surface area contributed by atoms with Crippen LogP contribution in [0.4, 0.5) is 11.4 Å². The third-order valence-electron chi connectivity index (χ3n) is 2.97. The van der Waals surface area contributed by atoms with Gasteiger partial charge in [-0.3, -0.25) is 0 Å². The van der Waals surface area contributed by atoms with Crippen molar-refractivity contribution in [2.75, 3.05) is 17.7 Å². The molecule has 1 aromatic carbocycles. The van der Waals surface area contributed by atoms with E-state index >= 15 is 0 Å². The summed E-state index contributed by atoms with van der Waals surface area (Å²) in [4.78, 5) is 2.26. The second-order valence-corrected chi connectivity index (χ2v) is 4.31. The van der Waals surface area contributed by atoms with Crippen molar-refractivity contribution in [2.45, 2.75) is 25.3 Å². The summed E-state index contributed by atoms with van der Waals surface area (Å²) in [5.74, 6) is 0. The lowest BCUT2D eigenvalue weighted by molar-refractivity contribution is 0.401. The number of halogens is 1. The Morgan fingerprint density at radius 3 is 2.64 bits per heavy atom. The molecule has 0 heterocycles. The molecule has 2 rings (SSSR count). The fourth-order valence-corrected chi connectivity index (χ4v) is 2.10. The first kappa shape index (κ1) is 9.66. The molecule has 0 radical (unpaired) electrons. The number of nitrogens with zero attached hydrogens (tertiary/aromatic N) is 1. The SMILES string of the molecule is CN(c1ccc(N)cc1Cl)C1CCC1. The van der Waals surface area contributed by atoms with Crippen molar-refractivity contribution in [3.05, 3.63) is 23.2 Å². The molecule has 76 valence electrons. The lowest BCUT2D eigenvalue weighted by atomic mass is 9.91. The Balaban J connectivity index is 2.22. The van der Waals surface area contributed by atoms with Gasteiger partial charge in [0.15, 0.2) is 0 Å². The van der Waals surface area contributed by atoms with Gasteiger partial charge in [-0.05, 0) is 37.5 Å². The van der Waals surface area contributed by atoms with E-state index in [-0.39, 0.29) is 0 Å². The molecule has 2 nitrogen and oxygen atoms in total. The summed E-state index contributed by atoms with van der Waals surface area (Å²) in [7, 11) is 2.10. The fourth-order valence-electron chi connectivity index (χ4n) is 1.78. The average Bonchev–Trinajstić information content (AvgIpc) is 2.00. The lowest BCUT2D eigenvalue weighted by Crippen LogP contribution is -2.37. The first-order valence-corrected chi connectivity index (χ1v) is 5.34. The highest BCUT2D eigenvalue weighted by Gasteiger charge is 2.23. The number of nitrogens with two attached hydrogens (primary N) is 1. The number of nitrogen functional groups attached to an aromatic ring is 1. The van der Waals surface area contributed by atoms with Crippen LogP contribution in [0.3, 0.4) is 0 Å². The maximum absolute atomic E-state index is 6.13. The zero-order chi connectivity index (χ0) is 10.1. The molecule has 0 atom stereocenters. The van der Waals surface area contributed by atoms with Crippen molar-refractivity contribution in [3.63, 3.8) is 0 Å². The van der Waals surface area contributed by atoms with E-state index in [2.05, 4.69) is 11.9 Å². The second kappa shape index (κ2) is 3.70. The van der Waals surface area contributed by atoms with Gasteiger partial charge in [-0.25, -0.2) is 0 Å². The summed E-state index contributed by atoms with van der Waals surface area (Å²) in [6, 6.07) is 6.37. The molecular weight excluding hydrogens is 196 g/mol. The molecule has 1 saturated carbocycles. The summed E-state index contributed by atoms with van der Waals surface area (Å²) in [6.45, 7) is 0. The molecule has 1 fully saturated rings. The van der Waals surface area contributed by atoms with E-state index in [1.54, 1.807) is 0 Å². The smallest absolute Gasteiger partial charge is 0.0660 e. The van der Waals surface area contributed by atoms with Gasteiger partial charge in [-0.1, -0.05) is 11.6 Å². The minimum atomic E-state index is 0.663. The predicted octanol–water partition coefficient (Wildman–Crippen LogP) is 2.91. The normalized spacial score (nSPS) is 16.4. The van der Waals surface area contributed by atoms with Crippen LogP contribution in [0.1, 0.15) is 19.3 Å². The molecule has 0 unspecified atom stereocenters. The van der Waals surface area contributed by atoms with E-state index in [1.165, 1.54) is 19.3 Å². The number of hydrogen-bond acceptors (Lipinski definition) is 2. The number of hydrogen-bond donors (Lipinski definition) is 1. The number of benzene rings is 1. The molecule has 1 aromatic rings. The Bertz CT molecular complexity index is 334. The molecule has 2 N–H and O–H groups in total. The molecule has 0 bridgehead atoms. The zero-order valence-corrected chi connectivity index (χ0v) is 9.09. The Morgan fingerprint density at radius 2 is 2.14 bits per heavy atom. The van der Waals surface area contributed by atoms with Gasteiger partial charge >= 0.3 is 0 Å². The highest BCUT2D eigenvalue weighted by atomic mass is 35.5. The maximum atomic E-state index is 6.13. The second-order valence-electron chi connectivity index (χ2n) is 3.91. The van der Waals surface area contributed by atoms with Gasteiger partial charge in [0.1, 0.15) is 0 Å². The van der Waals surface area contributed by atoms with Crippen LogP contribution in [0.2, 0.25) is 5.02 Å². The van der Waals surface area contributed by atoms with E-state index in [4.69, 9.17) is 17.3 Å². The molecule has 1 aliphatic carbocycles. The Labute approximate surface area is 89.7 Å². The minimum Gasteiger partial charge on any atom is -0.399 e. The molecule has 0 amide bonds. The molecule has 0 aromatic heterocycles. The van der Waals surface area contributed by atoms with E-state index in [0.717, 1.165) is 16.4 Å². The summed E-state index contributed by atoms with van der Waals surface area (Å²) in [6.07, 6.45) is 3.88. The quantitative estimate of drug-likeness (QED) is 0.761. The van der Waals surface area contributed by atoms with Crippen LogP contribution >= 0.6 is 11.6 Å². The standard InChI is InChI=1S/C11H15ClN2/c1-14(9-3-2-4-9)11-6-5-8(13)7-10(11)12/h5-7,9H,2-4,13H2,1H3. The van der Waals surface area contributed by atoms with Crippen LogP contribution in [0.15, 0.2) is 18.2 Å². The van der Waals surface area contributed by atoms with E-state index < -0.39 is 0 Å². The third kappa shape index (κ3) is 1.67. The predicted molar refractivity (Wildman–Crippen MR) is 61.9 cm³/mol. The topological polar surface area (TPSA) is 29.3 Å². The summed E-state index contributed by atoms with van der Waals surface area (Å²) in [5.41, 5.74) is 7.46. The van der Waals surface area contributed by atoms with Crippen molar-refractivity contribution >= 4 is 23.0 Å². The largest absolute Gasteiger partial charge is 0.399 e. The molecular formula is C11H15ClN2. The molecule has 3 heteroatoms. The maximum Gasteiger partial charge on any atom is 0.0660 e. The fraction of sp³-hybridized carbons (Fsp3) is 0.455. The van der Waals surface area contributed by atoms with E-state index in [0.29, 0.717) is 6.04 Å². The summed E-state index contributed by atoms with van der Waals surface area (Å²) in [5, 5.41) is 0.749. The first-order chi connectivity index (χ1) is 6.68. The van der Waals surface area contributed by atoms with Crippen LogP contribution in [0.25, 0.3) is 0 Å². The van der Waals surface area contributed by atoms with Gasteiger partial charge in [-0.2, -0.15) is 0 Å². The Kier molecular flexibility index (Phi) is 2.55. The van der Waals surface area contributed by atoms with Crippen LogP contribution in [-0.4, -0.2) is 13.1 Å². The molecule has 0 saturated heterocycles. The first-order valence-electron chi connectivity index (χ1n) is 4.96. The van der Waals surface area contributed by atoms with Crippen LogP contribution in [0, 0.1) is 0 Å². The monoisotopic (exact) mass is 210 g/mol. The van der Waals surface area contributed by atoms with Gasteiger partial charge in [0.2, 0.25) is 0 Å². The van der Waals surface area contributed by atoms with Crippen molar-refractivity contribution in [1.82, 2.24) is 0 Å². The van der Waals surface area contributed by atoms with Gasteiger partial charge in [-0.15, -0.1) is 0 Å². The molecule has 0 aliphatic heterocycles. The highest BCUT2D eigenvalue weighted by Crippen LogP contribution is 2.33. The van der Waals surface area contributed by atoms with Crippen LogP contribution < -0.4 is 10.6 Å². The van der Waals surface area contributed by atoms with Gasteiger partial charge in [0, 0.05) is 18.8 Å². The van der Waals surface area contributed by atoms with Crippen LogP contribution in [0.5, 0.6) is 0 Å². The van der Waals surface area contributed by atoms with Crippen molar-refractivity contribution in [2.24, 2.45) is 0 Å². The van der Waals surface area contributed by atoms with Crippen LogP contribution in [-0.2, 0) is 0 Å². The van der Waals surface area contributed by atoms with Crippen molar-refractivity contribution in [1.29, 1.82) is 0 Å². The average molecular weight is 211 g/mol. The Morgan fingerprint density at radius 1 is 1.43 bits per heavy atom. The van der Waals surface area contributed by atoms with Crippen molar-refractivity contribution in [3.8, 4) is 0 Å². The highest BCUT2D eigenvalue weighted by molar-refractivity contribution is 6.33. The Hall–Kier alpha value is -0.890. The van der Waals surface area contributed by atoms with Crippen molar-refractivity contribution < 1.29 is 0 Å². The van der Waals surface area contributed by atoms with Gasteiger partial charge in [0.25, 0.3) is 0 Å². The number of rotatable bonds is 2. The summed E-state index contributed by atoms with van der Waals surface area (Å²) >= 11 is 6.13. The molecule has 1 aliphatic rings. The zero-order valence-electron chi connectivity index (χ0n) is 8.33. The van der Waals surface area contributed by atoms with E-state index in [1.807, 2.05) is 18.2 Å². The molecule has 14 heavy (non-hydrogen) atoms. The summed E-state index contributed by atoms with van der Waals surface area (Å²) < 4.78 is 0. The van der Waals surface area contributed by atoms with Gasteiger partial charge < -0.3 is 10.6 Å². The lowest BCUT2D eigenvalue weighted by Gasteiger charge is -2.36. The molecule has 0 spiro atoms.